The summed E-state index contributed by atoms with van der Waals surface area (Å²) >= 11 is 0. The van der Waals surface area contributed by atoms with Crippen molar-refractivity contribution in [3.05, 3.63) is 0 Å². The Bertz CT molecular complexity index is 265. The fraction of sp³-hybridized carbons (Fsp3) is 0.833. The molecule has 9 nitrogen and oxygen atoms in total. The molecule has 0 aliphatic rings. The highest BCUT2D eigenvalue weighted by atomic mass is 31.2. The third-order valence-corrected chi connectivity index (χ3v) is 2.16. The molecule has 0 fully saturated rings. The predicted octanol–water partition coefficient (Wildman–Crippen LogP) is -2.33. The number of aliphatic hydroxyl groups is 2. The lowest BCUT2D eigenvalue weighted by Gasteiger charge is -2.18. The first-order valence-electron chi connectivity index (χ1n) is 4.19. The standard InChI is InChI=1S/C6H14NO8P/c7-15-6(5(10)3-8)4(9)1-2-14-16(11,12)13/h4,6,8-9H,1-3,7H2,(H2,11,12,13)/t4-,6+/m1/s1. The molecule has 0 spiro atoms. The second kappa shape index (κ2) is 7.05. The Morgan fingerprint density at radius 3 is 2.38 bits per heavy atom. The number of carbonyl (C=O) groups excluding carboxylic acids is 1. The van der Waals surface area contributed by atoms with Crippen LogP contribution in [0.4, 0.5) is 0 Å². The van der Waals surface area contributed by atoms with Gasteiger partial charge in [0.05, 0.1) is 12.7 Å². The zero-order valence-corrected chi connectivity index (χ0v) is 9.12. The summed E-state index contributed by atoms with van der Waals surface area (Å²) in [5.41, 5.74) is 0. The highest BCUT2D eigenvalue weighted by Gasteiger charge is 2.27. The smallest absolute Gasteiger partial charge is 0.390 e. The average molecular weight is 259 g/mol. The molecule has 10 heteroatoms. The summed E-state index contributed by atoms with van der Waals surface area (Å²) in [5.74, 6) is 3.88. The number of nitrogens with two attached hydrogens (primary N) is 1. The van der Waals surface area contributed by atoms with Crippen LogP contribution in [0, 0.1) is 0 Å². The van der Waals surface area contributed by atoms with Crippen LogP contribution in [0.2, 0.25) is 0 Å². The third kappa shape index (κ3) is 6.26. The van der Waals surface area contributed by atoms with Crippen molar-refractivity contribution in [2.45, 2.75) is 18.6 Å². The van der Waals surface area contributed by atoms with E-state index < -0.39 is 39.0 Å². The predicted molar refractivity (Wildman–Crippen MR) is 49.8 cm³/mol. The zero-order valence-electron chi connectivity index (χ0n) is 8.22. The van der Waals surface area contributed by atoms with E-state index in [1.807, 2.05) is 0 Å². The quantitative estimate of drug-likeness (QED) is 0.238. The lowest BCUT2D eigenvalue weighted by Crippen LogP contribution is -2.40. The fourth-order valence-electron chi connectivity index (χ4n) is 0.915. The van der Waals surface area contributed by atoms with Gasteiger partial charge in [0.25, 0.3) is 0 Å². The normalized spacial score (nSPS) is 15.8. The van der Waals surface area contributed by atoms with Crippen LogP contribution >= 0.6 is 7.82 Å². The van der Waals surface area contributed by atoms with Crippen molar-refractivity contribution >= 4 is 13.6 Å². The first-order chi connectivity index (χ1) is 7.31. The van der Waals surface area contributed by atoms with E-state index in [0.717, 1.165) is 0 Å². The van der Waals surface area contributed by atoms with E-state index in [-0.39, 0.29) is 6.42 Å². The molecule has 0 bridgehead atoms. The summed E-state index contributed by atoms with van der Waals surface area (Å²) in [4.78, 5) is 31.7. The van der Waals surface area contributed by atoms with Crippen LogP contribution in [0.15, 0.2) is 0 Å². The van der Waals surface area contributed by atoms with Gasteiger partial charge in [-0.2, -0.15) is 0 Å². The molecule has 0 aliphatic carbocycles. The molecule has 0 saturated carbocycles. The van der Waals surface area contributed by atoms with Crippen LogP contribution in [0.1, 0.15) is 6.42 Å². The van der Waals surface area contributed by atoms with Gasteiger partial charge in [0.15, 0.2) is 11.9 Å². The van der Waals surface area contributed by atoms with Crippen molar-refractivity contribution in [2.24, 2.45) is 5.90 Å². The van der Waals surface area contributed by atoms with E-state index in [4.69, 9.17) is 20.8 Å². The van der Waals surface area contributed by atoms with Gasteiger partial charge >= 0.3 is 7.82 Å². The second-order valence-electron chi connectivity index (χ2n) is 2.86. The summed E-state index contributed by atoms with van der Waals surface area (Å²) in [6, 6.07) is 0. The third-order valence-electron chi connectivity index (χ3n) is 1.64. The molecule has 0 heterocycles. The van der Waals surface area contributed by atoms with Gasteiger partial charge in [-0.15, -0.1) is 0 Å². The maximum atomic E-state index is 10.9. The summed E-state index contributed by atoms with van der Waals surface area (Å²) < 4.78 is 14.3. The maximum Gasteiger partial charge on any atom is 0.469 e. The van der Waals surface area contributed by atoms with Gasteiger partial charge in [0.2, 0.25) is 0 Å². The number of ketones is 1. The number of carbonyl (C=O) groups is 1. The van der Waals surface area contributed by atoms with E-state index in [1.165, 1.54) is 0 Å². The van der Waals surface area contributed by atoms with Gasteiger partial charge in [-0.3, -0.25) is 14.2 Å². The molecule has 96 valence electrons. The lowest BCUT2D eigenvalue weighted by atomic mass is 10.1. The van der Waals surface area contributed by atoms with Crippen LogP contribution in [0.3, 0.4) is 0 Å². The lowest BCUT2D eigenvalue weighted by molar-refractivity contribution is -0.142. The largest absolute Gasteiger partial charge is 0.469 e. The molecule has 16 heavy (non-hydrogen) atoms. The van der Waals surface area contributed by atoms with Gasteiger partial charge in [0.1, 0.15) is 6.61 Å². The van der Waals surface area contributed by atoms with E-state index in [9.17, 15) is 14.5 Å². The molecule has 2 atom stereocenters. The van der Waals surface area contributed by atoms with E-state index in [2.05, 4.69) is 9.36 Å². The van der Waals surface area contributed by atoms with E-state index >= 15 is 0 Å². The highest BCUT2D eigenvalue weighted by molar-refractivity contribution is 7.46. The Labute approximate surface area is 91.0 Å². The van der Waals surface area contributed by atoms with Crippen LogP contribution in [-0.2, 0) is 18.7 Å². The van der Waals surface area contributed by atoms with Crippen molar-refractivity contribution in [1.82, 2.24) is 0 Å². The number of hydrogen-bond donors (Lipinski definition) is 5. The molecule has 6 N–H and O–H groups in total. The van der Waals surface area contributed by atoms with Crippen molar-refractivity contribution in [3.63, 3.8) is 0 Å². The molecule has 0 aromatic carbocycles. The molecular formula is C6H14NO8P. The van der Waals surface area contributed by atoms with Crippen molar-refractivity contribution in [2.75, 3.05) is 13.2 Å². The molecule has 0 aliphatic heterocycles. The summed E-state index contributed by atoms with van der Waals surface area (Å²) in [7, 11) is -4.61. The van der Waals surface area contributed by atoms with Gasteiger partial charge in [-0.25, -0.2) is 10.5 Å². The SMILES string of the molecule is NO[C@H](C(=O)CO)[C@H](O)CCOP(=O)(O)O. The monoisotopic (exact) mass is 259 g/mol. The Hall–Kier alpha value is -0.380. The fourth-order valence-corrected chi connectivity index (χ4v) is 1.26. The molecule has 0 aromatic heterocycles. The van der Waals surface area contributed by atoms with Crippen molar-refractivity contribution < 1.29 is 38.7 Å². The Kier molecular flexibility index (Phi) is 6.88. The Morgan fingerprint density at radius 2 is 2.00 bits per heavy atom. The molecule has 0 radical (unpaired) electrons. The number of phosphoric ester groups is 1. The van der Waals surface area contributed by atoms with Crippen LogP contribution in [-0.4, -0.2) is 51.2 Å². The van der Waals surface area contributed by atoms with Gasteiger partial charge in [-0.05, 0) is 0 Å². The van der Waals surface area contributed by atoms with E-state index in [1.54, 1.807) is 0 Å². The van der Waals surface area contributed by atoms with Gasteiger partial charge in [0, 0.05) is 6.42 Å². The minimum Gasteiger partial charge on any atom is -0.390 e. The summed E-state index contributed by atoms with van der Waals surface area (Å²) in [5, 5.41) is 17.8. The van der Waals surface area contributed by atoms with Gasteiger partial charge < -0.3 is 20.0 Å². The Morgan fingerprint density at radius 1 is 1.44 bits per heavy atom. The van der Waals surface area contributed by atoms with Crippen LogP contribution in [0.25, 0.3) is 0 Å². The van der Waals surface area contributed by atoms with Crippen molar-refractivity contribution in [1.29, 1.82) is 0 Å². The molecule has 0 unspecified atom stereocenters. The number of aliphatic hydroxyl groups excluding tert-OH is 2. The average Bonchev–Trinajstić information content (AvgIpc) is 2.16. The summed E-state index contributed by atoms with van der Waals surface area (Å²) in [6.07, 6.45) is -3.15. The minimum absolute atomic E-state index is 0.279. The Balaban J connectivity index is 4.07. The number of hydrogen-bond acceptors (Lipinski definition) is 7. The number of Topliss-reactive ketones (excluding diaryl/α,β-unsaturated/α-hetero) is 1. The minimum atomic E-state index is -4.61. The zero-order chi connectivity index (χ0) is 12.8. The molecular weight excluding hydrogens is 245 g/mol. The molecule has 0 saturated heterocycles. The van der Waals surface area contributed by atoms with E-state index in [0.29, 0.717) is 0 Å². The first-order valence-corrected chi connectivity index (χ1v) is 5.72. The summed E-state index contributed by atoms with van der Waals surface area (Å²) in [6.45, 7) is -1.34. The molecule has 0 aromatic rings. The van der Waals surface area contributed by atoms with Crippen LogP contribution < -0.4 is 5.90 Å². The highest BCUT2D eigenvalue weighted by Crippen LogP contribution is 2.35. The topological polar surface area (TPSA) is 160 Å². The van der Waals surface area contributed by atoms with Gasteiger partial charge in [-0.1, -0.05) is 0 Å². The number of rotatable bonds is 8. The molecule has 0 rings (SSSR count). The molecule has 0 amide bonds. The van der Waals surface area contributed by atoms with Crippen LogP contribution in [0.5, 0.6) is 0 Å². The number of phosphoric acid groups is 1. The second-order valence-corrected chi connectivity index (χ2v) is 4.10. The maximum absolute atomic E-state index is 10.9. The first kappa shape index (κ1) is 15.6. The van der Waals surface area contributed by atoms with Crippen molar-refractivity contribution in [3.8, 4) is 0 Å².